The molecule has 1 aromatic heterocycles. The van der Waals surface area contributed by atoms with Crippen LogP contribution in [0, 0.1) is 0 Å². The zero-order valence-corrected chi connectivity index (χ0v) is 12.9. The van der Waals surface area contributed by atoms with Crippen LogP contribution in [0.5, 0.6) is 5.75 Å². The number of nitrogens with one attached hydrogen (secondary N) is 1. The lowest BCUT2D eigenvalue weighted by Crippen LogP contribution is -2.23. The number of rotatable bonds is 5. The Balaban J connectivity index is 1.57. The summed E-state index contributed by atoms with van der Waals surface area (Å²) < 4.78 is 41.9. The largest absolute Gasteiger partial charge is 0.573 e. The van der Waals surface area contributed by atoms with Crippen LogP contribution in [0.25, 0.3) is 0 Å². The highest BCUT2D eigenvalue weighted by atomic mass is 19.4. The molecule has 1 aliphatic carbocycles. The normalized spacial score (nSPS) is 14.5. The van der Waals surface area contributed by atoms with Crippen LogP contribution in [0.4, 0.5) is 13.2 Å². The number of aromatic nitrogens is 2. The van der Waals surface area contributed by atoms with E-state index in [1.165, 1.54) is 12.1 Å². The van der Waals surface area contributed by atoms with Crippen molar-refractivity contribution in [2.75, 3.05) is 0 Å². The van der Waals surface area contributed by atoms with Gasteiger partial charge >= 0.3 is 6.36 Å². The van der Waals surface area contributed by atoms with Gasteiger partial charge in [0, 0.05) is 24.2 Å². The zero-order valence-electron chi connectivity index (χ0n) is 12.9. The summed E-state index contributed by atoms with van der Waals surface area (Å²) in [6.45, 7) is 0.264. The van der Waals surface area contributed by atoms with Crippen LogP contribution in [-0.4, -0.2) is 22.1 Å². The van der Waals surface area contributed by atoms with Crippen LogP contribution in [0.2, 0.25) is 0 Å². The van der Waals surface area contributed by atoms with Crippen molar-refractivity contribution in [1.82, 2.24) is 15.1 Å². The maximum Gasteiger partial charge on any atom is 0.573 e. The summed E-state index contributed by atoms with van der Waals surface area (Å²) in [5.41, 5.74) is 2.17. The molecule has 1 aromatic carbocycles. The van der Waals surface area contributed by atoms with Crippen molar-refractivity contribution in [1.29, 1.82) is 0 Å². The molecule has 1 amide bonds. The van der Waals surface area contributed by atoms with Crippen molar-refractivity contribution in [3.8, 4) is 5.75 Å². The second-order valence-electron chi connectivity index (χ2n) is 5.71. The van der Waals surface area contributed by atoms with Gasteiger partial charge in [-0.25, -0.2) is 0 Å². The Morgan fingerprint density at radius 1 is 1.33 bits per heavy atom. The van der Waals surface area contributed by atoms with Crippen LogP contribution in [0.3, 0.4) is 0 Å². The van der Waals surface area contributed by atoms with Crippen LogP contribution in [-0.2, 0) is 13.6 Å². The molecule has 2 aromatic rings. The van der Waals surface area contributed by atoms with Gasteiger partial charge < -0.3 is 10.1 Å². The number of aryl methyl sites for hydroxylation is 1. The molecule has 0 radical (unpaired) electrons. The highest BCUT2D eigenvalue weighted by Crippen LogP contribution is 2.39. The van der Waals surface area contributed by atoms with Crippen LogP contribution in [0.15, 0.2) is 30.3 Å². The number of alkyl halides is 3. The fourth-order valence-electron chi connectivity index (χ4n) is 2.47. The first kappa shape index (κ1) is 16.4. The third-order valence-corrected chi connectivity index (χ3v) is 3.74. The minimum absolute atomic E-state index is 0.253. The molecule has 1 fully saturated rings. The minimum Gasteiger partial charge on any atom is -0.406 e. The standard InChI is InChI=1S/C16H16F3N3O2/c1-22-14(10-2-3-10)8-12(21-22)9-20-15(23)11-4-6-13(7-5-11)24-16(17,18)19/h4-8,10H,2-3,9H2,1H3,(H,20,23). The second kappa shape index (κ2) is 6.18. The van der Waals surface area contributed by atoms with Crippen LogP contribution in [0.1, 0.15) is 40.5 Å². The Bertz CT molecular complexity index is 734. The van der Waals surface area contributed by atoms with Gasteiger partial charge in [-0.3, -0.25) is 9.48 Å². The monoisotopic (exact) mass is 339 g/mol. The number of halogens is 3. The lowest BCUT2D eigenvalue weighted by Gasteiger charge is -2.09. The number of hydrogen-bond acceptors (Lipinski definition) is 3. The van der Waals surface area contributed by atoms with E-state index < -0.39 is 6.36 Å². The number of carbonyl (C=O) groups is 1. The highest BCUT2D eigenvalue weighted by molar-refractivity contribution is 5.94. The van der Waals surface area contributed by atoms with Crippen LogP contribution >= 0.6 is 0 Å². The summed E-state index contributed by atoms with van der Waals surface area (Å²) in [5, 5.41) is 7.05. The number of hydrogen-bond donors (Lipinski definition) is 1. The van der Waals surface area contributed by atoms with Gasteiger partial charge in [0.25, 0.3) is 5.91 Å². The fraction of sp³-hybridized carbons (Fsp3) is 0.375. The maximum atomic E-state index is 12.1. The topological polar surface area (TPSA) is 56.2 Å². The van der Waals surface area contributed by atoms with Gasteiger partial charge in [0.15, 0.2) is 0 Å². The second-order valence-corrected chi connectivity index (χ2v) is 5.71. The summed E-state index contributed by atoms with van der Waals surface area (Å²) >= 11 is 0. The summed E-state index contributed by atoms with van der Waals surface area (Å²) in [7, 11) is 1.87. The first-order valence-corrected chi connectivity index (χ1v) is 7.48. The summed E-state index contributed by atoms with van der Waals surface area (Å²) in [4.78, 5) is 12.0. The molecular formula is C16H16F3N3O2. The van der Waals surface area contributed by atoms with E-state index in [9.17, 15) is 18.0 Å². The molecule has 0 saturated heterocycles. The molecule has 1 heterocycles. The Morgan fingerprint density at radius 2 is 2.00 bits per heavy atom. The molecule has 0 aliphatic heterocycles. The molecule has 5 nitrogen and oxygen atoms in total. The Kier molecular flexibility index (Phi) is 4.21. The minimum atomic E-state index is -4.75. The van der Waals surface area contributed by atoms with Gasteiger partial charge in [0.2, 0.25) is 0 Å². The number of ether oxygens (including phenoxy) is 1. The van der Waals surface area contributed by atoms with E-state index >= 15 is 0 Å². The predicted molar refractivity (Wildman–Crippen MR) is 79.5 cm³/mol. The van der Waals surface area contributed by atoms with Crippen molar-refractivity contribution < 1.29 is 22.7 Å². The lowest BCUT2D eigenvalue weighted by molar-refractivity contribution is -0.274. The van der Waals surface area contributed by atoms with Crippen molar-refractivity contribution in [2.24, 2.45) is 7.05 Å². The summed E-state index contributed by atoms with van der Waals surface area (Å²) in [6.07, 6.45) is -2.42. The molecule has 1 saturated carbocycles. The quantitative estimate of drug-likeness (QED) is 0.911. The number of amides is 1. The Hall–Kier alpha value is -2.51. The highest BCUT2D eigenvalue weighted by Gasteiger charge is 2.31. The molecule has 0 spiro atoms. The van der Waals surface area contributed by atoms with Gasteiger partial charge in [0.05, 0.1) is 12.2 Å². The van der Waals surface area contributed by atoms with Crippen molar-refractivity contribution in [3.63, 3.8) is 0 Å². The first-order valence-electron chi connectivity index (χ1n) is 7.48. The third-order valence-electron chi connectivity index (χ3n) is 3.74. The van der Waals surface area contributed by atoms with E-state index in [1.54, 1.807) is 0 Å². The molecule has 1 aliphatic rings. The number of nitrogens with zero attached hydrogens (tertiary/aromatic N) is 2. The lowest BCUT2D eigenvalue weighted by atomic mass is 10.2. The molecule has 0 bridgehead atoms. The van der Waals surface area contributed by atoms with E-state index in [1.807, 2.05) is 17.8 Å². The van der Waals surface area contributed by atoms with Crippen molar-refractivity contribution >= 4 is 5.91 Å². The summed E-state index contributed by atoms with van der Waals surface area (Å²) in [5.74, 6) is -0.182. The van der Waals surface area contributed by atoms with E-state index in [0.717, 1.165) is 36.4 Å². The van der Waals surface area contributed by atoms with Crippen molar-refractivity contribution in [2.45, 2.75) is 31.7 Å². The van der Waals surface area contributed by atoms with E-state index in [4.69, 9.17) is 0 Å². The predicted octanol–water partition coefficient (Wildman–Crippen LogP) is 3.13. The average molecular weight is 339 g/mol. The molecule has 0 unspecified atom stereocenters. The van der Waals surface area contributed by atoms with Gasteiger partial charge in [-0.2, -0.15) is 5.10 Å². The van der Waals surface area contributed by atoms with Gasteiger partial charge in [-0.1, -0.05) is 0 Å². The average Bonchev–Trinajstić information content (AvgIpc) is 3.27. The van der Waals surface area contributed by atoms with Crippen LogP contribution < -0.4 is 10.1 Å². The van der Waals surface area contributed by atoms with Gasteiger partial charge in [-0.05, 0) is 43.2 Å². The van der Waals surface area contributed by atoms with Crippen molar-refractivity contribution in [3.05, 3.63) is 47.3 Å². The maximum absolute atomic E-state index is 12.1. The summed E-state index contributed by atoms with van der Waals surface area (Å²) in [6, 6.07) is 6.75. The molecule has 128 valence electrons. The Morgan fingerprint density at radius 3 is 2.58 bits per heavy atom. The molecular weight excluding hydrogens is 323 g/mol. The number of carbonyl (C=O) groups excluding carboxylic acids is 1. The SMILES string of the molecule is Cn1nc(CNC(=O)c2ccc(OC(F)(F)F)cc2)cc1C1CC1. The van der Waals surface area contributed by atoms with Gasteiger partial charge in [0.1, 0.15) is 5.75 Å². The molecule has 8 heteroatoms. The molecule has 1 N–H and O–H groups in total. The van der Waals surface area contributed by atoms with E-state index in [-0.39, 0.29) is 23.8 Å². The Labute approximate surface area is 136 Å². The third kappa shape index (κ3) is 4.06. The fourth-order valence-corrected chi connectivity index (χ4v) is 2.47. The number of benzene rings is 1. The molecule has 24 heavy (non-hydrogen) atoms. The van der Waals surface area contributed by atoms with Gasteiger partial charge in [-0.15, -0.1) is 13.2 Å². The molecule has 0 atom stereocenters. The van der Waals surface area contributed by atoms with E-state index in [0.29, 0.717) is 5.92 Å². The van der Waals surface area contributed by atoms with E-state index in [2.05, 4.69) is 15.2 Å². The molecule has 3 rings (SSSR count). The zero-order chi connectivity index (χ0) is 17.3. The first-order chi connectivity index (χ1) is 11.3. The smallest absolute Gasteiger partial charge is 0.406 e.